The van der Waals surface area contributed by atoms with Gasteiger partial charge in [0, 0.05) is 18.4 Å². The van der Waals surface area contributed by atoms with Gasteiger partial charge >= 0.3 is 0 Å². The number of aromatic nitrogens is 2. The molecule has 0 aromatic carbocycles. The minimum absolute atomic E-state index is 0.125. The highest BCUT2D eigenvalue weighted by Crippen LogP contribution is 2.15. The van der Waals surface area contributed by atoms with Crippen LogP contribution in [0.25, 0.3) is 0 Å². The molecule has 1 aromatic rings. The minimum atomic E-state index is 0.125. The van der Waals surface area contributed by atoms with E-state index in [0.29, 0.717) is 18.2 Å². The number of nitrogens with two attached hydrogens (primary N) is 1. The van der Waals surface area contributed by atoms with Gasteiger partial charge in [0.05, 0.1) is 0 Å². The molecule has 14 heavy (non-hydrogen) atoms. The summed E-state index contributed by atoms with van der Waals surface area (Å²) in [4.78, 5) is 4.31. The number of hydrogen-bond donors (Lipinski definition) is 1. The summed E-state index contributed by atoms with van der Waals surface area (Å²) in [5.74, 6) is 1.82. The van der Waals surface area contributed by atoms with E-state index in [2.05, 4.69) is 30.9 Å². The van der Waals surface area contributed by atoms with Crippen LogP contribution in [0.5, 0.6) is 0 Å². The van der Waals surface area contributed by atoms with Crippen molar-refractivity contribution in [2.24, 2.45) is 5.73 Å². The van der Waals surface area contributed by atoms with Gasteiger partial charge in [0.2, 0.25) is 5.89 Å². The zero-order valence-corrected chi connectivity index (χ0v) is 9.16. The van der Waals surface area contributed by atoms with Gasteiger partial charge in [-0.05, 0) is 12.8 Å². The third kappa shape index (κ3) is 2.80. The highest BCUT2D eigenvalue weighted by atomic mass is 16.5. The Morgan fingerprint density at radius 2 is 2.07 bits per heavy atom. The highest BCUT2D eigenvalue weighted by molar-refractivity contribution is 4.94. The van der Waals surface area contributed by atoms with E-state index in [4.69, 9.17) is 10.3 Å². The van der Waals surface area contributed by atoms with E-state index in [9.17, 15) is 0 Å². The molecule has 1 heterocycles. The summed E-state index contributed by atoms with van der Waals surface area (Å²) in [6.45, 7) is 6.25. The molecule has 0 spiro atoms. The van der Waals surface area contributed by atoms with Gasteiger partial charge in [0.15, 0.2) is 5.82 Å². The predicted octanol–water partition coefficient (Wildman–Crippen LogP) is 1.86. The molecule has 0 bridgehead atoms. The van der Waals surface area contributed by atoms with Crippen molar-refractivity contribution >= 4 is 0 Å². The van der Waals surface area contributed by atoms with E-state index in [-0.39, 0.29) is 6.04 Å². The van der Waals surface area contributed by atoms with Crippen molar-refractivity contribution < 1.29 is 4.52 Å². The Labute approximate surface area is 84.9 Å². The quantitative estimate of drug-likeness (QED) is 0.782. The van der Waals surface area contributed by atoms with Gasteiger partial charge < -0.3 is 10.3 Å². The highest BCUT2D eigenvalue weighted by Gasteiger charge is 2.13. The van der Waals surface area contributed by atoms with Crippen LogP contribution in [0.2, 0.25) is 0 Å². The second-order valence-corrected chi connectivity index (χ2v) is 3.73. The summed E-state index contributed by atoms with van der Waals surface area (Å²) in [6.07, 6.45) is 2.64. The molecule has 1 aromatic heterocycles. The van der Waals surface area contributed by atoms with Crippen LogP contribution >= 0.6 is 0 Å². The van der Waals surface area contributed by atoms with Gasteiger partial charge in [-0.15, -0.1) is 0 Å². The van der Waals surface area contributed by atoms with Crippen LogP contribution in [-0.4, -0.2) is 16.2 Å². The molecule has 0 aliphatic rings. The number of rotatable bonds is 5. The second-order valence-electron chi connectivity index (χ2n) is 3.73. The molecule has 2 atom stereocenters. The second kappa shape index (κ2) is 5.10. The summed E-state index contributed by atoms with van der Waals surface area (Å²) >= 11 is 0. The summed E-state index contributed by atoms with van der Waals surface area (Å²) in [5, 5.41) is 3.93. The van der Waals surface area contributed by atoms with Gasteiger partial charge in [-0.25, -0.2) is 0 Å². The fourth-order valence-electron chi connectivity index (χ4n) is 1.10. The van der Waals surface area contributed by atoms with Crippen LogP contribution in [0, 0.1) is 0 Å². The summed E-state index contributed by atoms with van der Waals surface area (Å²) in [7, 11) is 0. The van der Waals surface area contributed by atoms with Crippen LogP contribution < -0.4 is 5.73 Å². The van der Waals surface area contributed by atoms with Crippen LogP contribution in [-0.2, 0) is 6.42 Å². The van der Waals surface area contributed by atoms with Gasteiger partial charge in [0.1, 0.15) is 0 Å². The van der Waals surface area contributed by atoms with Crippen molar-refractivity contribution in [2.45, 2.75) is 52.0 Å². The Morgan fingerprint density at radius 1 is 1.36 bits per heavy atom. The third-order valence-electron chi connectivity index (χ3n) is 2.50. The molecule has 1 rings (SSSR count). The van der Waals surface area contributed by atoms with E-state index >= 15 is 0 Å². The lowest BCUT2D eigenvalue weighted by atomic mass is 10.1. The molecule has 0 saturated carbocycles. The predicted molar refractivity (Wildman–Crippen MR) is 55.0 cm³/mol. The van der Waals surface area contributed by atoms with E-state index in [1.165, 1.54) is 0 Å². The lowest BCUT2D eigenvalue weighted by Crippen LogP contribution is -2.21. The first-order valence-electron chi connectivity index (χ1n) is 5.25. The smallest absolute Gasteiger partial charge is 0.228 e. The summed E-state index contributed by atoms with van der Waals surface area (Å²) in [5.41, 5.74) is 5.80. The molecule has 80 valence electrons. The van der Waals surface area contributed by atoms with E-state index in [1.54, 1.807) is 0 Å². The fraction of sp³-hybridized carbons (Fsp3) is 0.800. The van der Waals surface area contributed by atoms with Crippen LogP contribution in [0.1, 0.15) is 51.2 Å². The minimum Gasteiger partial charge on any atom is -0.339 e. The van der Waals surface area contributed by atoms with Crippen molar-refractivity contribution in [3.8, 4) is 0 Å². The average molecular weight is 197 g/mol. The van der Waals surface area contributed by atoms with Crippen LogP contribution in [0.15, 0.2) is 4.52 Å². The fourth-order valence-corrected chi connectivity index (χ4v) is 1.10. The first-order chi connectivity index (χ1) is 6.67. The van der Waals surface area contributed by atoms with E-state index < -0.39 is 0 Å². The standard InChI is InChI=1S/C10H19N3O/c1-4-7(3)10-12-9(14-13-10)6-8(11)5-2/h7-8H,4-6,11H2,1-3H3. The van der Waals surface area contributed by atoms with Crippen molar-refractivity contribution in [3.63, 3.8) is 0 Å². The zero-order chi connectivity index (χ0) is 10.6. The normalized spacial score (nSPS) is 15.4. The SMILES string of the molecule is CCC(N)Cc1nc(C(C)CC)no1. The Kier molecular flexibility index (Phi) is 4.07. The van der Waals surface area contributed by atoms with E-state index in [0.717, 1.165) is 18.7 Å². The Balaban J connectivity index is 2.59. The van der Waals surface area contributed by atoms with Crippen LogP contribution in [0.3, 0.4) is 0 Å². The molecule has 0 saturated heterocycles. The molecule has 0 radical (unpaired) electrons. The van der Waals surface area contributed by atoms with Gasteiger partial charge in [0.25, 0.3) is 0 Å². The van der Waals surface area contributed by atoms with Gasteiger partial charge in [-0.1, -0.05) is 25.9 Å². The maximum absolute atomic E-state index is 5.80. The number of nitrogens with zero attached hydrogens (tertiary/aromatic N) is 2. The van der Waals surface area contributed by atoms with Crippen LogP contribution in [0.4, 0.5) is 0 Å². The monoisotopic (exact) mass is 197 g/mol. The van der Waals surface area contributed by atoms with Crippen molar-refractivity contribution in [2.75, 3.05) is 0 Å². The molecule has 0 aliphatic heterocycles. The molecular weight excluding hydrogens is 178 g/mol. The van der Waals surface area contributed by atoms with Crippen molar-refractivity contribution in [1.82, 2.24) is 10.1 Å². The molecule has 4 nitrogen and oxygen atoms in total. The molecule has 2 unspecified atom stereocenters. The summed E-state index contributed by atoms with van der Waals surface area (Å²) in [6, 6.07) is 0.125. The van der Waals surface area contributed by atoms with Gasteiger partial charge in [-0.3, -0.25) is 0 Å². The van der Waals surface area contributed by atoms with E-state index in [1.807, 2.05) is 0 Å². The Bertz CT molecular complexity index is 272. The Hall–Kier alpha value is -0.900. The first-order valence-corrected chi connectivity index (χ1v) is 5.25. The number of hydrogen-bond acceptors (Lipinski definition) is 4. The molecule has 0 aliphatic carbocycles. The lowest BCUT2D eigenvalue weighted by molar-refractivity contribution is 0.360. The molecule has 4 heteroatoms. The summed E-state index contributed by atoms with van der Waals surface area (Å²) < 4.78 is 5.12. The van der Waals surface area contributed by atoms with Gasteiger partial charge in [-0.2, -0.15) is 4.98 Å². The molecule has 0 fully saturated rings. The molecular formula is C10H19N3O. The molecule has 2 N–H and O–H groups in total. The third-order valence-corrected chi connectivity index (χ3v) is 2.50. The lowest BCUT2D eigenvalue weighted by Gasteiger charge is -2.02. The molecule has 0 amide bonds. The maximum atomic E-state index is 5.80. The first kappa shape index (κ1) is 11.2. The zero-order valence-electron chi connectivity index (χ0n) is 9.16. The maximum Gasteiger partial charge on any atom is 0.228 e. The van der Waals surface area contributed by atoms with Crippen molar-refractivity contribution in [3.05, 3.63) is 11.7 Å². The van der Waals surface area contributed by atoms with Crippen molar-refractivity contribution in [1.29, 1.82) is 0 Å². The average Bonchev–Trinajstić information content (AvgIpc) is 2.65. The topological polar surface area (TPSA) is 64.9 Å². The Morgan fingerprint density at radius 3 is 2.64 bits per heavy atom. The largest absolute Gasteiger partial charge is 0.339 e.